The van der Waals surface area contributed by atoms with Crippen LogP contribution in [0.25, 0.3) is 0 Å². The lowest BCUT2D eigenvalue weighted by Gasteiger charge is -2.14. The molecule has 0 amide bonds. The lowest BCUT2D eigenvalue weighted by Crippen LogP contribution is -2.37. The van der Waals surface area contributed by atoms with E-state index in [1.165, 1.54) is 0 Å². The van der Waals surface area contributed by atoms with Crippen LogP contribution in [0, 0.1) is 5.92 Å². The molecule has 0 saturated heterocycles. The third kappa shape index (κ3) is 7.55. The molecule has 0 fully saturated rings. The molecule has 1 rings (SSSR count). The fourth-order valence-electron chi connectivity index (χ4n) is 2.10. The van der Waals surface area contributed by atoms with Crippen molar-refractivity contribution < 1.29 is 14.2 Å². The summed E-state index contributed by atoms with van der Waals surface area (Å²) >= 11 is 0. The number of methoxy groups -OCH3 is 2. The number of hydrogen-bond donors (Lipinski definition) is 2. The van der Waals surface area contributed by atoms with Gasteiger partial charge in [-0.2, -0.15) is 0 Å². The second-order valence-corrected chi connectivity index (χ2v) is 5.86. The van der Waals surface area contributed by atoms with E-state index in [0.717, 1.165) is 49.2 Å². The van der Waals surface area contributed by atoms with Crippen LogP contribution in [0.2, 0.25) is 0 Å². The molecular weight excluding hydrogens is 306 g/mol. The fraction of sp³-hybridized carbons (Fsp3) is 0.611. The van der Waals surface area contributed by atoms with Gasteiger partial charge in [-0.15, -0.1) is 0 Å². The summed E-state index contributed by atoms with van der Waals surface area (Å²) in [5, 5.41) is 6.57. The molecule has 1 aromatic carbocycles. The number of aliphatic imine (C=N–C) groups is 1. The molecule has 0 unspecified atom stereocenters. The van der Waals surface area contributed by atoms with Crippen LogP contribution in [-0.2, 0) is 11.3 Å². The summed E-state index contributed by atoms with van der Waals surface area (Å²) in [6, 6.07) is 5.86. The van der Waals surface area contributed by atoms with Crippen molar-refractivity contribution in [2.24, 2.45) is 10.9 Å². The van der Waals surface area contributed by atoms with Crippen molar-refractivity contribution in [3.05, 3.63) is 23.8 Å². The second kappa shape index (κ2) is 11.6. The lowest BCUT2D eigenvalue weighted by molar-refractivity contribution is 0.108. The zero-order chi connectivity index (χ0) is 17.8. The Morgan fingerprint density at radius 2 is 1.88 bits per heavy atom. The van der Waals surface area contributed by atoms with Crippen molar-refractivity contribution in [3.8, 4) is 11.5 Å². The zero-order valence-electron chi connectivity index (χ0n) is 15.5. The van der Waals surface area contributed by atoms with Gasteiger partial charge in [-0.1, -0.05) is 19.9 Å². The van der Waals surface area contributed by atoms with E-state index >= 15 is 0 Å². The topological polar surface area (TPSA) is 64.1 Å². The summed E-state index contributed by atoms with van der Waals surface area (Å²) in [6.45, 7) is 7.36. The number of ether oxygens (including phenoxy) is 3. The van der Waals surface area contributed by atoms with Gasteiger partial charge in [0.25, 0.3) is 0 Å². The van der Waals surface area contributed by atoms with Crippen molar-refractivity contribution in [1.29, 1.82) is 0 Å². The summed E-state index contributed by atoms with van der Waals surface area (Å²) < 4.78 is 16.1. The van der Waals surface area contributed by atoms with Gasteiger partial charge in [-0.25, -0.2) is 0 Å². The van der Waals surface area contributed by atoms with Gasteiger partial charge < -0.3 is 24.8 Å². The SMILES string of the molecule is CN=C(NCCCOCC(C)C)NCc1ccc(OC)c(OC)c1. The summed E-state index contributed by atoms with van der Waals surface area (Å²) in [5.41, 5.74) is 1.09. The highest BCUT2D eigenvalue weighted by Gasteiger charge is 2.05. The van der Waals surface area contributed by atoms with Crippen LogP contribution in [0.15, 0.2) is 23.2 Å². The molecule has 6 heteroatoms. The normalized spacial score (nSPS) is 11.5. The van der Waals surface area contributed by atoms with Crippen molar-refractivity contribution in [2.75, 3.05) is 41.0 Å². The van der Waals surface area contributed by atoms with Gasteiger partial charge >= 0.3 is 0 Å². The van der Waals surface area contributed by atoms with Gasteiger partial charge in [0.1, 0.15) is 0 Å². The van der Waals surface area contributed by atoms with Crippen LogP contribution in [0.1, 0.15) is 25.8 Å². The standard InChI is InChI=1S/C18H31N3O3/c1-14(2)13-24-10-6-9-20-18(19-3)21-12-15-7-8-16(22-4)17(11-15)23-5/h7-8,11,14H,6,9-10,12-13H2,1-5H3,(H2,19,20,21). The Morgan fingerprint density at radius 1 is 1.12 bits per heavy atom. The molecule has 0 atom stereocenters. The smallest absolute Gasteiger partial charge is 0.191 e. The van der Waals surface area contributed by atoms with E-state index in [4.69, 9.17) is 14.2 Å². The van der Waals surface area contributed by atoms with Crippen molar-refractivity contribution in [3.63, 3.8) is 0 Å². The summed E-state index contributed by atoms with van der Waals surface area (Å²) in [4.78, 5) is 4.22. The largest absolute Gasteiger partial charge is 0.493 e. The number of hydrogen-bond acceptors (Lipinski definition) is 4. The minimum absolute atomic E-state index is 0.578. The molecule has 136 valence electrons. The first-order valence-electron chi connectivity index (χ1n) is 8.33. The first kappa shape index (κ1) is 20.1. The number of rotatable bonds is 10. The molecule has 0 bridgehead atoms. The molecule has 2 N–H and O–H groups in total. The quantitative estimate of drug-likeness (QED) is 0.390. The zero-order valence-corrected chi connectivity index (χ0v) is 15.5. The van der Waals surface area contributed by atoms with E-state index in [1.54, 1.807) is 21.3 Å². The Balaban J connectivity index is 2.33. The third-order valence-corrected chi connectivity index (χ3v) is 3.34. The van der Waals surface area contributed by atoms with E-state index < -0.39 is 0 Å². The second-order valence-electron chi connectivity index (χ2n) is 5.86. The average Bonchev–Trinajstić information content (AvgIpc) is 2.59. The predicted molar refractivity (Wildman–Crippen MR) is 98.0 cm³/mol. The number of nitrogens with one attached hydrogen (secondary N) is 2. The molecule has 0 heterocycles. The molecule has 6 nitrogen and oxygen atoms in total. The minimum atomic E-state index is 0.578. The van der Waals surface area contributed by atoms with E-state index in [-0.39, 0.29) is 0 Å². The maximum Gasteiger partial charge on any atom is 0.191 e. The van der Waals surface area contributed by atoms with Crippen LogP contribution in [0.5, 0.6) is 11.5 Å². The van der Waals surface area contributed by atoms with Crippen LogP contribution < -0.4 is 20.1 Å². The highest BCUT2D eigenvalue weighted by molar-refractivity contribution is 5.79. The number of guanidine groups is 1. The van der Waals surface area contributed by atoms with Crippen molar-refractivity contribution in [2.45, 2.75) is 26.8 Å². The monoisotopic (exact) mass is 337 g/mol. The van der Waals surface area contributed by atoms with Gasteiger partial charge in [0.2, 0.25) is 0 Å². The Hall–Kier alpha value is -1.95. The highest BCUT2D eigenvalue weighted by atomic mass is 16.5. The molecule has 0 radical (unpaired) electrons. The summed E-state index contributed by atoms with van der Waals surface area (Å²) in [5.74, 6) is 2.80. The van der Waals surface area contributed by atoms with Crippen LogP contribution >= 0.6 is 0 Å². The summed E-state index contributed by atoms with van der Waals surface area (Å²) in [6.07, 6.45) is 0.948. The molecule has 0 spiro atoms. The first-order chi connectivity index (χ1) is 11.6. The van der Waals surface area contributed by atoms with Gasteiger partial charge in [-0.05, 0) is 30.0 Å². The minimum Gasteiger partial charge on any atom is -0.493 e. The number of benzene rings is 1. The molecule has 24 heavy (non-hydrogen) atoms. The Morgan fingerprint density at radius 3 is 2.50 bits per heavy atom. The van der Waals surface area contributed by atoms with Gasteiger partial charge in [-0.3, -0.25) is 4.99 Å². The highest BCUT2D eigenvalue weighted by Crippen LogP contribution is 2.27. The van der Waals surface area contributed by atoms with E-state index in [0.29, 0.717) is 12.5 Å². The Kier molecular flexibility index (Phi) is 9.68. The van der Waals surface area contributed by atoms with Crippen molar-refractivity contribution >= 4 is 5.96 Å². The Bertz CT molecular complexity index is 504. The van der Waals surface area contributed by atoms with E-state index in [9.17, 15) is 0 Å². The van der Waals surface area contributed by atoms with Gasteiger partial charge in [0.15, 0.2) is 17.5 Å². The summed E-state index contributed by atoms with van der Waals surface area (Å²) in [7, 11) is 5.03. The molecule has 0 aliphatic carbocycles. The molecule has 0 saturated carbocycles. The fourth-order valence-corrected chi connectivity index (χ4v) is 2.10. The van der Waals surface area contributed by atoms with Crippen LogP contribution in [0.3, 0.4) is 0 Å². The molecule has 0 aliphatic rings. The Labute approximate surface area is 145 Å². The first-order valence-corrected chi connectivity index (χ1v) is 8.33. The maximum atomic E-state index is 5.56. The average molecular weight is 337 g/mol. The molecule has 0 aromatic heterocycles. The van der Waals surface area contributed by atoms with E-state index in [1.807, 2.05) is 18.2 Å². The maximum absolute atomic E-state index is 5.56. The van der Waals surface area contributed by atoms with Gasteiger partial charge in [0.05, 0.1) is 14.2 Å². The third-order valence-electron chi connectivity index (χ3n) is 3.34. The lowest BCUT2D eigenvalue weighted by atomic mass is 10.2. The molecule has 1 aromatic rings. The molecule has 0 aliphatic heterocycles. The van der Waals surface area contributed by atoms with Crippen molar-refractivity contribution in [1.82, 2.24) is 10.6 Å². The van der Waals surface area contributed by atoms with Gasteiger partial charge in [0, 0.05) is 33.4 Å². The van der Waals surface area contributed by atoms with Crippen LogP contribution in [0.4, 0.5) is 0 Å². The van der Waals surface area contributed by atoms with E-state index in [2.05, 4.69) is 29.5 Å². The number of nitrogens with zero attached hydrogens (tertiary/aromatic N) is 1. The van der Waals surface area contributed by atoms with Crippen LogP contribution in [-0.4, -0.2) is 47.0 Å². The molecular formula is C18H31N3O3. The predicted octanol–water partition coefficient (Wildman–Crippen LogP) is 2.43.